The molecule has 4 rings (SSSR count). The summed E-state index contributed by atoms with van der Waals surface area (Å²) in [6.45, 7) is 0. The van der Waals surface area contributed by atoms with Crippen molar-refractivity contribution in [2.24, 2.45) is 0 Å². The first-order chi connectivity index (χ1) is 12.0. The van der Waals surface area contributed by atoms with Crippen LogP contribution in [-0.2, 0) is 0 Å². The number of halogens is 2. The number of benzene rings is 2. The summed E-state index contributed by atoms with van der Waals surface area (Å²) in [5.74, 6) is -0.526. The highest BCUT2D eigenvalue weighted by atomic mass is 35.5. The van der Waals surface area contributed by atoms with E-state index >= 15 is 0 Å². The molecule has 0 radical (unpaired) electrons. The van der Waals surface area contributed by atoms with E-state index in [-0.39, 0.29) is 11.8 Å². The zero-order valence-corrected chi connectivity index (χ0v) is 14.2. The van der Waals surface area contributed by atoms with Crippen LogP contribution in [0.2, 0.25) is 10.0 Å². The van der Waals surface area contributed by atoms with Gasteiger partial charge >= 0.3 is 0 Å². The Labute approximate surface area is 152 Å². The van der Waals surface area contributed by atoms with Crippen LogP contribution in [0.15, 0.2) is 54.6 Å². The molecular formula is C18H11Cl2N3O2. The first-order valence-electron chi connectivity index (χ1n) is 7.37. The van der Waals surface area contributed by atoms with Gasteiger partial charge in [0.15, 0.2) is 5.65 Å². The lowest BCUT2D eigenvalue weighted by atomic mass is 10.0. The molecule has 0 amide bonds. The topological polar surface area (TPSA) is 70.7 Å². The summed E-state index contributed by atoms with van der Waals surface area (Å²) in [6, 6.07) is 15.5. The molecular weight excluding hydrogens is 361 g/mol. The van der Waals surface area contributed by atoms with Crippen LogP contribution in [0.5, 0.6) is 11.8 Å². The molecule has 0 bridgehead atoms. The van der Waals surface area contributed by atoms with Crippen LogP contribution >= 0.6 is 23.2 Å². The van der Waals surface area contributed by atoms with E-state index in [4.69, 9.17) is 23.2 Å². The molecule has 0 spiro atoms. The summed E-state index contributed by atoms with van der Waals surface area (Å²) in [4.78, 5) is 4.13. The lowest BCUT2D eigenvalue weighted by molar-refractivity contribution is 0.413. The van der Waals surface area contributed by atoms with Crippen molar-refractivity contribution in [1.29, 1.82) is 0 Å². The SMILES string of the molecule is Oc1cc(O)n2nc(-c3ccccc3Cl)c(-c3ccc(Cl)cc3)c2n1. The summed E-state index contributed by atoms with van der Waals surface area (Å²) < 4.78 is 1.27. The minimum atomic E-state index is -0.300. The summed E-state index contributed by atoms with van der Waals surface area (Å²) in [5.41, 5.74) is 2.97. The van der Waals surface area contributed by atoms with Gasteiger partial charge in [0, 0.05) is 10.6 Å². The first kappa shape index (κ1) is 15.7. The van der Waals surface area contributed by atoms with E-state index in [0.29, 0.717) is 32.5 Å². The van der Waals surface area contributed by atoms with Crippen molar-refractivity contribution in [2.45, 2.75) is 0 Å². The van der Waals surface area contributed by atoms with E-state index in [1.807, 2.05) is 30.3 Å². The van der Waals surface area contributed by atoms with Crippen LogP contribution in [-0.4, -0.2) is 24.8 Å². The summed E-state index contributed by atoms with van der Waals surface area (Å²) in [7, 11) is 0. The normalized spacial score (nSPS) is 11.1. The predicted octanol–water partition coefficient (Wildman–Crippen LogP) is 4.78. The lowest BCUT2D eigenvalue weighted by Gasteiger charge is -2.05. The molecule has 0 aliphatic rings. The molecule has 0 aliphatic heterocycles. The highest BCUT2D eigenvalue weighted by Crippen LogP contribution is 2.39. The van der Waals surface area contributed by atoms with E-state index in [0.717, 1.165) is 11.6 Å². The lowest BCUT2D eigenvalue weighted by Crippen LogP contribution is -1.91. The second-order valence-corrected chi connectivity index (χ2v) is 6.26. The van der Waals surface area contributed by atoms with Crippen molar-refractivity contribution >= 4 is 28.8 Å². The van der Waals surface area contributed by atoms with Gasteiger partial charge in [-0.3, -0.25) is 0 Å². The number of rotatable bonds is 2. The molecule has 0 atom stereocenters. The van der Waals surface area contributed by atoms with Crippen LogP contribution < -0.4 is 0 Å². The average Bonchev–Trinajstić information content (AvgIpc) is 2.95. The van der Waals surface area contributed by atoms with E-state index in [1.54, 1.807) is 18.2 Å². The quantitative estimate of drug-likeness (QED) is 0.531. The summed E-state index contributed by atoms with van der Waals surface area (Å²) >= 11 is 12.3. The van der Waals surface area contributed by atoms with Gasteiger partial charge in [-0.2, -0.15) is 14.6 Å². The van der Waals surface area contributed by atoms with Crippen LogP contribution in [0.25, 0.3) is 28.0 Å². The van der Waals surface area contributed by atoms with Crippen molar-refractivity contribution < 1.29 is 10.2 Å². The maximum absolute atomic E-state index is 10.1. The Morgan fingerprint density at radius 2 is 1.64 bits per heavy atom. The molecule has 0 aliphatic carbocycles. The Morgan fingerprint density at radius 3 is 2.36 bits per heavy atom. The standard InChI is InChI=1S/C18H11Cl2N3O2/c19-11-7-5-10(6-8-11)16-17(12-3-1-2-4-13(12)20)22-23-15(25)9-14(24)21-18(16)23/h1-9,25H,(H,21,24). The largest absolute Gasteiger partial charge is 0.493 e. The third-order valence-corrected chi connectivity index (χ3v) is 4.40. The molecule has 5 nitrogen and oxygen atoms in total. The van der Waals surface area contributed by atoms with E-state index in [9.17, 15) is 10.2 Å². The molecule has 2 N–H and O–H groups in total. The van der Waals surface area contributed by atoms with Gasteiger partial charge in [-0.25, -0.2) is 0 Å². The second-order valence-electron chi connectivity index (χ2n) is 5.42. The Morgan fingerprint density at radius 1 is 0.920 bits per heavy atom. The Balaban J connectivity index is 2.12. The minimum Gasteiger partial charge on any atom is -0.493 e. The van der Waals surface area contributed by atoms with Gasteiger partial charge < -0.3 is 10.2 Å². The van der Waals surface area contributed by atoms with Crippen LogP contribution in [0.4, 0.5) is 0 Å². The zero-order valence-electron chi connectivity index (χ0n) is 12.7. The molecule has 4 aromatic rings. The zero-order chi connectivity index (χ0) is 17.6. The Bertz CT molecular complexity index is 1090. The van der Waals surface area contributed by atoms with Crippen molar-refractivity contribution in [3.63, 3.8) is 0 Å². The number of hydrogen-bond acceptors (Lipinski definition) is 4. The number of aromatic hydroxyl groups is 2. The minimum absolute atomic E-state index is 0.226. The van der Waals surface area contributed by atoms with Crippen molar-refractivity contribution in [2.75, 3.05) is 0 Å². The number of fused-ring (bicyclic) bond motifs is 1. The molecule has 0 saturated heterocycles. The maximum Gasteiger partial charge on any atom is 0.219 e. The van der Waals surface area contributed by atoms with Crippen molar-refractivity contribution in [3.05, 3.63) is 64.6 Å². The molecule has 0 saturated carbocycles. The number of aromatic nitrogens is 3. The first-order valence-corrected chi connectivity index (χ1v) is 8.13. The monoisotopic (exact) mass is 371 g/mol. The molecule has 0 fully saturated rings. The van der Waals surface area contributed by atoms with Gasteiger partial charge in [-0.15, -0.1) is 0 Å². The highest BCUT2D eigenvalue weighted by molar-refractivity contribution is 6.33. The molecule has 2 aromatic carbocycles. The van der Waals surface area contributed by atoms with Gasteiger partial charge in [-0.05, 0) is 23.8 Å². The fraction of sp³-hybridized carbons (Fsp3) is 0. The van der Waals surface area contributed by atoms with Gasteiger partial charge in [0.25, 0.3) is 0 Å². The van der Waals surface area contributed by atoms with Crippen LogP contribution in [0.1, 0.15) is 0 Å². The van der Waals surface area contributed by atoms with Crippen molar-refractivity contribution in [1.82, 2.24) is 14.6 Å². The van der Waals surface area contributed by atoms with Gasteiger partial charge in [0.1, 0.15) is 5.69 Å². The highest BCUT2D eigenvalue weighted by Gasteiger charge is 2.21. The number of nitrogens with zero attached hydrogens (tertiary/aromatic N) is 3. The Kier molecular flexibility index (Phi) is 3.75. The fourth-order valence-electron chi connectivity index (χ4n) is 2.71. The van der Waals surface area contributed by atoms with E-state index < -0.39 is 0 Å². The second kappa shape index (κ2) is 5.95. The van der Waals surface area contributed by atoms with Gasteiger partial charge in [0.05, 0.1) is 16.7 Å². The van der Waals surface area contributed by atoms with Gasteiger partial charge in [-0.1, -0.05) is 53.5 Å². The predicted molar refractivity (Wildman–Crippen MR) is 97.2 cm³/mol. The summed E-state index contributed by atoms with van der Waals surface area (Å²) in [5, 5.41) is 25.5. The molecule has 0 unspecified atom stereocenters. The van der Waals surface area contributed by atoms with E-state index in [2.05, 4.69) is 10.1 Å². The molecule has 7 heteroatoms. The third kappa shape index (κ3) is 2.67. The number of hydrogen-bond donors (Lipinski definition) is 2. The van der Waals surface area contributed by atoms with Crippen LogP contribution in [0.3, 0.4) is 0 Å². The maximum atomic E-state index is 10.1. The average molecular weight is 372 g/mol. The fourth-order valence-corrected chi connectivity index (χ4v) is 3.06. The van der Waals surface area contributed by atoms with Crippen LogP contribution in [0, 0.1) is 0 Å². The van der Waals surface area contributed by atoms with E-state index in [1.165, 1.54) is 4.52 Å². The Hall–Kier alpha value is -2.76. The molecule has 124 valence electrons. The third-order valence-electron chi connectivity index (χ3n) is 3.82. The van der Waals surface area contributed by atoms with Gasteiger partial charge in [0.2, 0.25) is 11.8 Å². The van der Waals surface area contributed by atoms with Crippen molar-refractivity contribution in [3.8, 4) is 34.1 Å². The smallest absolute Gasteiger partial charge is 0.219 e. The molecule has 2 aromatic heterocycles. The molecule has 25 heavy (non-hydrogen) atoms. The molecule has 2 heterocycles. The summed E-state index contributed by atoms with van der Waals surface area (Å²) in [6.07, 6.45) is 0.